The van der Waals surface area contributed by atoms with Gasteiger partial charge in [0.15, 0.2) is 0 Å². The molecule has 2 aromatic carbocycles. The number of rotatable bonds is 6. The minimum absolute atomic E-state index is 0.0502. The Kier molecular flexibility index (Phi) is 4.97. The van der Waals surface area contributed by atoms with Crippen LogP contribution in [0.2, 0.25) is 0 Å². The molecule has 1 atom stereocenters. The molecule has 1 aliphatic rings. The molecule has 1 fully saturated rings. The molecule has 4 rings (SSSR count). The molecular weight excluding hydrogens is 408 g/mol. The van der Waals surface area contributed by atoms with Crippen molar-refractivity contribution in [1.29, 1.82) is 0 Å². The fourth-order valence-corrected chi connectivity index (χ4v) is 4.42. The highest BCUT2D eigenvalue weighted by atomic mass is 32.2. The third-order valence-corrected chi connectivity index (χ3v) is 6.44. The average molecular weight is 428 g/mol. The number of nitrogens with one attached hydrogen (secondary N) is 1. The highest BCUT2D eigenvalue weighted by molar-refractivity contribution is 7.89. The first-order valence-electron chi connectivity index (χ1n) is 9.34. The van der Waals surface area contributed by atoms with E-state index in [1.54, 1.807) is 18.2 Å². The molecule has 3 aromatic rings. The maximum Gasteiger partial charge on any atom is 0.240 e. The van der Waals surface area contributed by atoms with Crippen molar-refractivity contribution >= 4 is 38.5 Å². The molecule has 30 heavy (non-hydrogen) atoms. The van der Waals surface area contributed by atoms with Gasteiger partial charge in [-0.2, -0.15) is 0 Å². The van der Waals surface area contributed by atoms with Crippen LogP contribution in [-0.2, 0) is 25.2 Å². The van der Waals surface area contributed by atoms with Crippen LogP contribution in [0, 0.1) is 0 Å². The average Bonchev–Trinajstić information content (AvgIpc) is 3.30. The Balaban J connectivity index is 1.49. The number of hydrogen-bond donors (Lipinski definition) is 2. The van der Waals surface area contributed by atoms with Gasteiger partial charge in [0.1, 0.15) is 16.9 Å². The van der Waals surface area contributed by atoms with Gasteiger partial charge in [0.05, 0.1) is 10.6 Å². The zero-order valence-corrected chi connectivity index (χ0v) is 17.0. The molecule has 9 heteroatoms. The van der Waals surface area contributed by atoms with Crippen molar-refractivity contribution in [1.82, 2.24) is 4.72 Å². The van der Waals surface area contributed by atoms with Crippen molar-refractivity contribution in [2.24, 2.45) is 0 Å². The van der Waals surface area contributed by atoms with E-state index in [9.17, 15) is 23.1 Å². The summed E-state index contributed by atoms with van der Waals surface area (Å²) in [6.45, 7) is 1.15. The maximum absolute atomic E-state index is 12.6. The van der Waals surface area contributed by atoms with E-state index >= 15 is 0 Å². The second-order valence-corrected chi connectivity index (χ2v) is 9.13. The van der Waals surface area contributed by atoms with Crippen molar-refractivity contribution in [2.75, 3.05) is 11.4 Å². The van der Waals surface area contributed by atoms with Crippen LogP contribution in [0.25, 0.3) is 11.0 Å². The number of sulfonamides is 1. The van der Waals surface area contributed by atoms with Gasteiger partial charge in [0.25, 0.3) is 0 Å². The van der Waals surface area contributed by atoms with E-state index in [2.05, 4.69) is 4.72 Å². The maximum atomic E-state index is 12.6. The summed E-state index contributed by atoms with van der Waals surface area (Å²) in [6, 6.07) is 14.4. The predicted molar refractivity (Wildman–Crippen MR) is 109 cm³/mol. The Morgan fingerprint density at radius 1 is 1.07 bits per heavy atom. The minimum Gasteiger partial charge on any atom is -0.458 e. The molecule has 0 saturated carbocycles. The molecule has 0 spiro atoms. The number of furan rings is 1. The number of nitrogens with zero attached hydrogens (tertiary/aromatic N) is 1. The van der Waals surface area contributed by atoms with Crippen LogP contribution in [0.1, 0.15) is 25.5 Å². The van der Waals surface area contributed by atoms with Gasteiger partial charge in [-0.1, -0.05) is 18.2 Å². The lowest BCUT2D eigenvalue weighted by atomic mass is 10.0. The van der Waals surface area contributed by atoms with E-state index in [1.165, 1.54) is 31.2 Å². The predicted octanol–water partition coefficient (Wildman–Crippen LogP) is 2.27. The second-order valence-electron chi connectivity index (χ2n) is 7.36. The van der Waals surface area contributed by atoms with Crippen molar-refractivity contribution < 1.29 is 27.5 Å². The second kappa shape index (κ2) is 7.35. The zero-order chi connectivity index (χ0) is 21.5. The lowest BCUT2D eigenvalue weighted by Crippen LogP contribution is -2.38. The van der Waals surface area contributed by atoms with Gasteiger partial charge in [-0.3, -0.25) is 14.5 Å². The van der Waals surface area contributed by atoms with E-state index < -0.39 is 15.6 Å². The number of amides is 2. The molecule has 8 nitrogen and oxygen atoms in total. The SMILES string of the molecule is CC(O)(CNS(=O)(=O)c1ccc(N2C(=O)CCC2=O)cc1)c1cc2ccccc2o1. The Bertz CT molecular complexity index is 1180. The number of carbonyl (C=O) groups is 2. The Morgan fingerprint density at radius 3 is 2.33 bits per heavy atom. The van der Waals surface area contributed by atoms with Gasteiger partial charge in [0, 0.05) is 24.8 Å². The third kappa shape index (κ3) is 3.74. The number of hydrogen-bond acceptors (Lipinski definition) is 6. The largest absolute Gasteiger partial charge is 0.458 e. The first-order valence-corrected chi connectivity index (χ1v) is 10.8. The van der Waals surface area contributed by atoms with E-state index in [0.29, 0.717) is 11.3 Å². The molecule has 1 aromatic heterocycles. The van der Waals surface area contributed by atoms with Crippen LogP contribution in [0.5, 0.6) is 0 Å². The Morgan fingerprint density at radius 2 is 1.70 bits per heavy atom. The number of fused-ring (bicyclic) bond motifs is 1. The van der Waals surface area contributed by atoms with Gasteiger partial charge in [-0.05, 0) is 43.3 Å². The number of para-hydroxylation sites is 1. The summed E-state index contributed by atoms with van der Waals surface area (Å²) in [5.41, 5.74) is -0.645. The normalized spacial score (nSPS) is 16.9. The van der Waals surface area contributed by atoms with Crippen LogP contribution < -0.4 is 9.62 Å². The number of anilines is 1. The van der Waals surface area contributed by atoms with Gasteiger partial charge < -0.3 is 9.52 Å². The molecule has 0 aliphatic carbocycles. The molecule has 156 valence electrons. The Labute approximate surface area is 173 Å². The summed E-state index contributed by atoms with van der Waals surface area (Å²) in [7, 11) is -3.94. The van der Waals surface area contributed by atoms with E-state index in [4.69, 9.17) is 4.42 Å². The van der Waals surface area contributed by atoms with E-state index in [1.807, 2.05) is 12.1 Å². The minimum atomic E-state index is -3.94. The molecule has 2 N–H and O–H groups in total. The zero-order valence-electron chi connectivity index (χ0n) is 16.2. The number of benzene rings is 2. The topological polar surface area (TPSA) is 117 Å². The van der Waals surface area contributed by atoms with Gasteiger partial charge in [0.2, 0.25) is 21.8 Å². The highest BCUT2D eigenvalue weighted by Gasteiger charge is 2.32. The Hall–Kier alpha value is -3.01. The summed E-state index contributed by atoms with van der Waals surface area (Å²) < 4.78 is 33.3. The standard InChI is InChI=1S/C21H20N2O6S/c1-21(26,18-12-14-4-2-3-5-17(14)29-18)13-22-30(27,28)16-8-6-15(7-9-16)23-19(24)10-11-20(23)25/h2-9,12,22,26H,10-11,13H2,1H3. The smallest absolute Gasteiger partial charge is 0.240 e. The van der Waals surface area contributed by atoms with E-state index in [0.717, 1.165) is 10.3 Å². The third-order valence-electron chi connectivity index (χ3n) is 5.02. The molecule has 2 heterocycles. The molecule has 1 aliphatic heterocycles. The van der Waals surface area contributed by atoms with Crippen molar-refractivity contribution in [3.63, 3.8) is 0 Å². The van der Waals surface area contributed by atoms with Gasteiger partial charge in [-0.15, -0.1) is 0 Å². The highest BCUT2D eigenvalue weighted by Crippen LogP contribution is 2.28. The molecular formula is C21H20N2O6S. The number of aliphatic hydroxyl groups is 1. The summed E-state index contributed by atoms with van der Waals surface area (Å²) in [5, 5.41) is 11.5. The molecule has 1 saturated heterocycles. The molecule has 1 unspecified atom stereocenters. The van der Waals surface area contributed by atoms with Crippen LogP contribution in [-0.4, -0.2) is 31.9 Å². The van der Waals surface area contributed by atoms with Crippen LogP contribution in [0.3, 0.4) is 0 Å². The fraction of sp³-hybridized carbons (Fsp3) is 0.238. The fourth-order valence-electron chi connectivity index (χ4n) is 3.29. The van der Waals surface area contributed by atoms with Crippen LogP contribution in [0.15, 0.2) is 63.9 Å². The van der Waals surface area contributed by atoms with Crippen LogP contribution in [0.4, 0.5) is 5.69 Å². The van der Waals surface area contributed by atoms with E-state index in [-0.39, 0.29) is 41.9 Å². The van der Waals surface area contributed by atoms with Crippen molar-refractivity contribution in [2.45, 2.75) is 30.3 Å². The molecule has 0 radical (unpaired) electrons. The van der Waals surface area contributed by atoms with Gasteiger partial charge >= 0.3 is 0 Å². The summed E-state index contributed by atoms with van der Waals surface area (Å²) in [5.74, 6) is -0.376. The van der Waals surface area contributed by atoms with Crippen LogP contribution >= 0.6 is 0 Å². The lowest BCUT2D eigenvalue weighted by molar-refractivity contribution is -0.121. The van der Waals surface area contributed by atoms with Crippen molar-refractivity contribution in [3.05, 3.63) is 60.4 Å². The first kappa shape index (κ1) is 20.3. The summed E-state index contributed by atoms with van der Waals surface area (Å²) in [4.78, 5) is 24.6. The quantitative estimate of drug-likeness (QED) is 0.582. The number of imide groups is 1. The summed E-state index contributed by atoms with van der Waals surface area (Å²) >= 11 is 0. The van der Waals surface area contributed by atoms with Crippen molar-refractivity contribution in [3.8, 4) is 0 Å². The first-order chi connectivity index (χ1) is 14.2. The lowest BCUT2D eigenvalue weighted by Gasteiger charge is -2.21. The van der Waals surface area contributed by atoms with Gasteiger partial charge in [-0.25, -0.2) is 13.1 Å². The summed E-state index contributed by atoms with van der Waals surface area (Å²) in [6.07, 6.45) is 0.300. The monoisotopic (exact) mass is 428 g/mol. The molecule has 0 bridgehead atoms. The molecule has 2 amide bonds. The number of carbonyl (C=O) groups excluding carboxylic acids is 2.